The van der Waals surface area contributed by atoms with E-state index in [2.05, 4.69) is 4.90 Å². The van der Waals surface area contributed by atoms with Gasteiger partial charge in [-0.05, 0) is 74.0 Å². The van der Waals surface area contributed by atoms with E-state index < -0.39 is 5.60 Å². The number of ether oxygens (including phenoxy) is 3. The summed E-state index contributed by atoms with van der Waals surface area (Å²) >= 11 is 0. The molecule has 170 valence electrons. The molecule has 5 rings (SSSR count). The third-order valence-electron chi connectivity index (χ3n) is 6.61. The van der Waals surface area contributed by atoms with Crippen molar-refractivity contribution >= 4 is 5.78 Å². The minimum absolute atomic E-state index is 0.0625. The first-order valence-electron chi connectivity index (χ1n) is 11.6. The van der Waals surface area contributed by atoms with Crippen LogP contribution in [-0.2, 0) is 12.0 Å². The molecule has 0 radical (unpaired) electrons. The van der Waals surface area contributed by atoms with Crippen LogP contribution >= 0.6 is 0 Å². The van der Waals surface area contributed by atoms with Crippen LogP contribution in [0.1, 0.15) is 34.3 Å². The van der Waals surface area contributed by atoms with Crippen molar-refractivity contribution < 1.29 is 19.0 Å². The maximum absolute atomic E-state index is 13.9. The first-order valence-corrected chi connectivity index (χ1v) is 11.6. The van der Waals surface area contributed by atoms with Crippen LogP contribution in [0.5, 0.6) is 17.2 Å². The molecule has 3 aromatic rings. The number of hydrogen-bond donors (Lipinski definition) is 0. The van der Waals surface area contributed by atoms with Crippen LogP contribution in [0.2, 0.25) is 0 Å². The molecule has 33 heavy (non-hydrogen) atoms. The molecular weight excluding hydrogens is 414 g/mol. The SMILES string of the molecule is COc1ccc(C2(C(=O)c3ccc(OCCN4CCCC4)cc3)Cc3ccccc3O2)cc1. The van der Waals surface area contributed by atoms with E-state index in [1.54, 1.807) is 7.11 Å². The van der Waals surface area contributed by atoms with Crippen molar-refractivity contribution in [3.63, 3.8) is 0 Å². The molecule has 1 atom stereocenters. The number of rotatable bonds is 8. The van der Waals surface area contributed by atoms with Crippen LogP contribution in [0.25, 0.3) is 0 Å². The molecule has 0 aromatic heterocycles. The molecule has 5 nitrogen and oxygen atoms in total. The van der Waals surface area contributed by atoms with Gasteiger partial charge in [-0.1, -0.05) is 30.3 Å². The second-order valence-electron chi connectivity index (χ2n) is 8.69. The van der Waals surface area contributed by atoms with Gasteiger partial charge in [0, 0.05) is 24.1 Å². The lowest BCUT2D eigenvalue weighted by Crippen LogP contribution is -2.40. The van der Waals surface area contributed by atoms with Crippen molar-refractivity contribution in [1.82, 2.24) is 4.90 Å². The summed E-state index contributed by atoms with van der Waals surface area (Å²) in [6, 6.07) is 22.8. The highest BCUT2D eigenvalue weighted by Gasteiger charge is 2.48. The maximum Gasteiger partial charge on any atom is 0.211 e. The standard InChI is InChI=1S/C28H29NO4/c1-31-24-14-10-23(11-15-24)28(20-22-6-2-3-7-26(22)33-28)27(30)21-8-12-25(13-9-21)32-19-18-29-16-4-5-17-29/h2-3,6-15H,4-5,16-20H2,1H3. The monoisotopic (exact) mass is 443 g/mol. The number of ketones is 1. The Labute approximate surface area is 194 Å². The highest BCUT2D eigenvalue weighted by atomic mass is 16.5. The molecule has 1 unspecified atom stereocenters. The van der Waals surface area contributed by atoms with Crippen LogP contribution in [-0.4, -0.2) is 44.0 Å². The number of para-hydroxylation sites is 1. The van der Waals surface area contributed by atoms with Gasteiger partial charge < -0.3 is 14.2 Å². The molecule has 0 spiro atoms. The number of nitrogens with zero attached hydrogens (tertiary/aromatic N) is 1. The number of benzene rings is 3. The van der Waals surface area contributed by atoms with Crippen LogP contribution in [0.4, 0.5) is 0 Å². The van der Waals surface area contributed by atoms with E-state index in [-0.39, 0.29) is 5.78 Å². The second-order valence-corrected chi connectivity index (χ2v) is 8.69. The summed E-state index contributed by atoms with van der Waals surface area (Å²) in [5, 5.41) is 0. The van der Waals surface area contributed by atoms with Gasteiger partial charge in [0.25, 0.3) is 0 Å². The molecule has 0 amide bonds. The molecule has 0 aliphatic carbocycles. The molecule has 0 bridgehead atoms. The van der Waals surface area contributed by atoms with E-state index in [1.807, 2.05) is 72.8 Å². The molecule has 3 aromatic carbocycles. The largest absolute Gasteiger partial charge is 0.497 e. The van der Waals surface area contributed by atoms with Gasteiger partial charge in [-0.25, -0.2) is 0 Å². The van der Waals surface area contributed by atoms with Crippen molar-refractivity contribution in [3.8, 4) is 17.2 Å². The van der Waals surface area contributed by atoms with E-state index >= 15 is 0 Å². The Morgan fingerprint density at radius 1 is 0.939 bits per heavy atom. The van der Waals surface area contributed by atoms with E-state index in [4.69, 9.17) is 14.2 Å². The number of methoxy groups -OCH3 is 1. The number of fused-ring (bicyclic) bond motifs is 1. The van der Waals surface area contributed by atoms with Gasteiger partial charge in [-0.3, -0.25) is 9.69 Å². The molecule has 2 aliphatic heterocycles. The number of hydrogen-bond acceptors (Lipinski definition) is 5. The van der Waals surface area contributed by atoms with E-state index in [1.165, 1.54) is 12.8 Å². The molecule has 2 heterocycles. The Kier molecular flexibility index (Phi) is 6.05. The third-order valence-corrected chi connectivity index (χ3v) is 6.61. The summed E-state index contributed by atoms with van der Waals surface area (Å²) in [5.41, 5.74) is 1.35. The fourth-order valence-electron chi connectivity index (χ4n) is 4.75. The van der Waals surface area contributed by atoms with Gasteiger partial charge in [-0.15, -0.1) is 0 Å². The number of Topliss-reactive ketones (excluding diaryl/α,β-unsaturated/α-hetero) is 1. The van der Waals surface area contributed by atoms with Gasteiger partial charge in [0.2, 0.25) is 11.4 Å². The van der Waals surface area contributed by atoms with Crippen LogP contribution in [0, 0.1) is 0 Å². The lowest BCUT2D eigenvalue weighted by Gasteiger charge is -2.28. The van der Waals surface area contributed by atoms with Gasteiger partial charge in [0.05, 0.1) is 7.11 Å². The summed E-state index contributed by atoms with van der Waals surface area (Å²) in [4.78, 5) is 16.3. The third kappa shape index (κ3) is 4.33. The second kappa shape index (κ2) is 9.28. The first-order chi connectivity index (χ1) is 16.2. The average Bonchev–Trinajstić information content (AvgIpc) is 3.52. The van der Waals surface area contributed by atoms with Gasteiger partial charge >= 0.3 is 0 Å². The van der Waals surface area contributed by atoms with Gasteiger partial charge in [0.15, 0.2) is 0 Å². The number of carbonyl (C=O) groups excluding carboxylic acids is 1. The molecule has 2 aliphatic rings. The van der Waals surface area contributed by atoms with E-state index in [0.717, 1.165) is 48.0 Å². The molecule has 0 N–H and O–H groups in total. The lowest BCUT2D eigenvalue weighted by molar-refractivity contribution is 0.0525. The van der Waals surface area contributed by atoms with E-state index in [0.29, 0.717) is 18.6 Å². The summed E-state index contributed by atoms with van der Waals surface area (Å²) in [6.07, 6.45) is 3.04. The molecule has 0 saturated carbocycles. The van der Waals surface area contributed by atoms with Crippen molar-refractivity contribution in [3.05, 3.63) is 89.5 Å². The minimum atomic E-state index is -1.10. The molecular formula is C28H29NO4. The smallest absolute Gasteiger partial charge is 0.211 e. The van der Waals surface area contributed by atoms with Crippen LogP contribution in [0.3, 0.4) is 0 Å². The summed E-state index contributed by atoms with van der Waals surface area (Å²) in [7, 11) is 1.63. The molecule has 5 heteroatoms. The molecule has 1 fully saturated rings. The van der Waals surface area contributed by atoms with Gasteiger partial charge in [-0.2, -0.15) is 0 Å². The predicted octanol–water partition coefficient (Wildman–Crippen LogP) is 4.88. The maximum atomic E-state index is 13.9. The van der Waals surface area contributed by atoms with Crippen LogP contribution < -0.4 is 14.2 Å². The topological polar surface area (TPSA) is 48.0 Å². The van der Waals surface area contributed by atoms with Gasteiger partial charge in [0.1, 0.15) is 23.9 Å². The Morgan fingerprint density at radius 3 is 2.33 bits per heavy atom. The zero-order valence-corrected chi connectivity index (χ0v) is 19.0. The fourth-order valence-corrected chi connectivity index (χ4v) is 4.75. The highest BCUT2D eigenvalue weighted by Crippen LogP contribution is 2.43. The van der Waals surface area contributed by atoms with Crippen molar-refractivity contribution in [2.75, 3.05) is 33.4 Å². The first kappa shape index (κ1) is 21.5. The number of likely N-dealkylation sites (tertiary alicyclic amines) is 1. The average molecular weight is 444 g/mol. The highest BCUT2D eigenvalue weighted by molar-refractivity contribution is 6.04. The lowest BCUT2D eigenvalue weighted by atomic mass is 9.82. The Balaban J connectivity index is 1.37. The number of carbonyl (C=O) groups is 1. The quantitative estimate of drug-likeness (QED) is 0.464. The Hall–Kier alpha value is -3.31. The van der Waals surface area contributed by atoms with Crippen molar-refractivity contribution in [2.45, 2.75) is 24.9 Å². The van der Waals surface area contributed by atoms with Crippen molar-refractivity contribution in [1.29, 1.82) is 0 Å². The summed E-state index contributed by atoms with van der Waals surface area (Å²) in [6.45, 7) is 3.91. The minimum Gasteiger partial charge on any atom is -0.497 e. The van der Waals surface area contributed by atoms with Crippen molar-refractivity contribution in [2.24, 2.45) is 0 Å². The fraction of sp³-hybridized carbons (Fsp3) is 0.321. The summed E-state index contributed by atoms with van der Waals surface area (Å²) in [5.74, 6) is 2.21. The molecule has 1 saturated heterocycles. The summed E-state index contributed by atoms with van der Waals surface area (Å²) < 4.78 is 17.6. The zero-order chi connectivity index (χ0) is 22.7. The Morgan fingerprint density at radius 2 is 1.64 bits per heavy atom. The Bertz CT molecular complexity index is 1080. The predicted molar refractivity (Wildman–Crippen MR) is 127 cm³/mol. The van der Waals surface area contributed by atoms with Crippen LogP contribution in [0.15, 0.2) is 72.8 Å². The zero-order valence-electron chi connectivity index (χ0n) is 19.0. The normalized spacial score (nSPS) is 19.7. The van der Waals surface area contributed by atoms with E-state index in [9.17, 15) is 4.79 Å².